The zero-order chi connectivity index (χ0) is 19.8. The third kappa shape index (κ3) is 3.43. The number of carbonyl (C=O) groups is 1. The number of allylic oxidation sites excluding steroid dienone is 3. The fourth-order valence-corrected chi connectivity index (χ4v) is 4.51. The van der Waals surface area contributed by atoms with E-state index in [1.54, 1.807) is 24.5 Å². The number of halogens is 1. The smallest absolute Gasteiger partial charge is 0.185 e. The molecule has 0 amide bonds. The summed E-state index contributed by atoms with van der Waals surface area (Å²) in [6.45, 7) is 0. The van der Waals surface area contributed by atoms with Gasteiger partial charge in [-0.1, -0.05) is 35.9 Å². The van der Waals surface area contributed by atoms with Crippen LogP contribution in [0.4, 0.5) is 5.69 Å². The summed E-state index contributed by atoms with van der Waals surface area (Å²) in [6, 6.07) is 17.9. The number of benzene rings is 2. The van der Waals surface area contributed by atoms with Crippen molar-refractivity contribution in [3.05, 3.63) is 107 Å². The van der Waals surface area contributed by atoms with Crippen molar-refractivity contribution < 1.29 is 9.21 Å². The first kappa shape index (κ1) is 18.0. The molecule has 5 rings (SSSR count). The molecule has 1 N–H and O–H groups in total. The van der Waals surface area contributed by atoms with Gasteiger partial charge in [-0.3, -0.25) is 4.79 Å². The Morgan fingerprint density at radius 3 is 2.79 bits per heavy atom. The molecule has 1 aromatic heterocycles. The molecular weight excluding hydrogens is 382 g/mol. The number of carbonyl (C=O) groups excluding carboxylic acids is 1. The summed E-state index contributed by atoms with van der Waals surface area (Å²) < 4.78 is 5.26. The summed E-state index contributed by atoms with van der Waals surface area (Å²) in [5.41, 5.74) is 4.20. The van der Waals surface area contributed by atoms with Crippen molar-refractivity contribution in [1.82, 2.24) is 0 Å². The molecule has 0 unspecified atom stereocenters. The molecule has 1 aliphatic heterocycles. The lowest BCUT2D eigenvalue weighted by Crippen LogP contribution is -2.29. The molecule has 0 fully saturated rings. The van der Waals surface area contributed by atoms with Crippen LogP contribution in [0.1, 0.15) is 45.6 Å². The predicted molar refractivity (Wildman–Crippen MR) is 116 cm³/mol. The number of fused-ring (bicyclic) bond motifs is 3. The Morgan fingerprint density at radius 1 is 1.14 bits per heavy atom. The van der Waals surface area contributed by atoms with Crippen molar-refractivity contribution in [2.75, 3.05) is 5.32 Å². The van der Waals surface area contributed by atoms with Crippen LogP contribution in [-0.4, -0.2) is 5.78 Å². The second-order valence-corrected chi connectivity index (χ2v) is 7.98. The lowest BCUT2D eigenvalue weighted by molar-refractivity contribution is 0.104. The van der Waals surface area contributed by atoms with Crippen LogP contribution >= 0.6 is 11.6 Å². The fraction of sp³-hybridized carbons (Fsp3) is 0.160. The van der Waals surface area contributed by atoms with Crippen molar-refractivity contribution in [3.8, 4) is 0 Å². The number of nitrogens with one attached hydrogen (secondary N) is 1. The van der Waals surface area contributed by atoms with Crippen molar-refractivity contribution in [1.29, 1.82) is 0 Å². The number of ketones is 1. The maximum Gasteiger partial charge on any atom is 0.185 e. The van der Waals surface area contributed by atoms with Gasteiger partial charge in [-0.2, -0.15) is 0 Å². The van der Waals surface area contributed by atoms with Gasteiger partial charge in [0.2, 0.25) is 0 Å². The molecule has 144 valence electrons. The average molecular weight is 402 g/mol. The quantitative estimate of drug-likeness (QED) is 0.302. The molecule has 0 saturated heterocycles. The fourth-order valence-electron chi connectivity index (χ4n) is 4.39. The number of hydrogen-bond donors (Lipinski definition) is 1. The van der Waals surface area contributed by atoms with E-state index in [1.165, 1.54) is 11.1 Å². The van der Waals surface area contributed by atoms with Crippen LogP contribution in [0.5, 0.6) is 0 Å². The third-order valence-electron chi connectivity index (χ3n) is 5.82. The van der Waals surface area contributed by atoms with Gasteiger partial charge in [-0.25, -0.2) is 0 Å². The molecule has 0 radical (unpaired) electrons. The number of anilines is 1. The summed E-state index contributed by atoms with van der Waals surface area (Å²) in [7, 11) is 0. The van der Waals surface area contributed by atoms with Crippen molar-refractivity contribution >= 4 is 29.1 Å². The van der Waals surface area contributed by atoms with Crippen LogP contribution < -0.4 is 5.32 Å². The average Bonchev–Trinajstić information content (AvgIpc) is 3.44. The highest BCUT2D eigenvalue weighted by Gasteiger charge is 2.38. The van der Waals surface area contributed by atoms with Crippen molar-refractivity contribution in [3.63, 3.8) is 0 Å². The van der Waals surface area contributed by atoms with Crippen LogP contribution in [0.3, 0.4) is 0 Å². The summed E-state index contributed by atoms with van der Waals surface area (Å²) in [6.07, 6.45) is 10.4. The number of hydrogen-bond acceptors (Lipinski definition) is 3. The Balaban J connectivity index is 1.45. The largest absolute Gasteiger partial charge is 0.465 e. The monoisotopic (exact) mass is 401 g/mol. The molecule has 3 nitrogen and oxygen atoms in total. The second-order valence-electron chi connectivity index (χ2n) is 7.54. The molecule has 2 heterocycles. The van der Waals surface area contributed by atoms with Crippen LogP contribution in [0.15, 0.2) is 83.5 Å². The first-order valence-corrected chi connectivity index (χ1v) is 10.2. The van der Waals surface area contributed by atoms with Gasteiger partial charge in [0.15, 0.2) is 5.78 Å². The molecule has 0 saturated carbocycles. The molecule has 4 heteroatoms. The Labute approximate surface area is 174 Å². The molecule has 2 aromatic carbocycles. The Kier molecular flexibility index (Phi) is 4.61. The highest BCUT2D eigenvalue weighted by atomic mass is 35.5. The van der Waals surface area contributed by atoms with E-state index in [0.717, 1.165) is 17.1 Å². The van der Waals surface area contributed by atoms with E-state index in [0.29, 0.717) is 23.2 Å². The lowest BCUT2D eigenvalue weighted by Gasteiger charge is -2.37. The van der Waals surface area contributed by atoms with E-state index >= 15 is 0 Å². The third-order valence-corrected chi connectivity index (χ3v) is 6.07. The van der Waals surface area contributed by atoms with E-state index in [2.05, 4.69) is 29.6 Å². The Bertz CT molecular complexity index is 1100. The molecule has 3 aromatic rings. The van der Waals surface area contributed by atoms with Crippen molar-refractivity contribution in [2.45, 2.75) is 18.4 Å². The number of rotatable bonds is 4. The van der Waals surface area contributed by atoms with Crippen LogP contribution in [-0.2, 0) is 0 Å². The zero-order valence-corrected chi connectivity index (χ0v) is 16.5. The van der Waals surface area contributed by atoms with Gasteiger partial charge < -0.3 is 9.73 Å². The molecule has 0 bridgehead atoms. The summed E-state index contributed by atoms with van der Waals surface area (Å²) in [5.74, 6) is 1.37. The van der Waals surface area contributed by atoms with Gasteiger partial charge in [0, 0.05) is 22.2 Å². The minimum atomic E-state index is -0.0254. The van der Waals surface area contributed by atoms with Gasteiger partial charge in [-0.15, -0.1) is 0 Å². The molecule has 3 atom stereocenters. The summed E-state index contributed by atoms with van der Waals surface area (Å²) >= 11 is 6.07. The van der Waals surface area contributed by atoms with E-state index in [4.69, 9.17) is 16.0 Å². The first-order valence-electron chi connectivity index (χ1n) is 9.77. The Morgan fingerprint density at radius 2 is 2.00 bits per heavy atom. The zero-order valence-electron chi connectivity index (χ0n) is 15.7. The second kappa shape index (κ2) is 7.41. The predicted octanol–water partition coefficient (Wildman–Crippen LogP) is 6.66. The first-order chi connectivity index (χ1) is 14.2. The molecule has 1 aliphatic carbocycles. The van der Waals surface area contributed by atoms with E-state index in [-0.39, 0.29) is 11.8 Å². The minimum Gasteiger partial charge on any atom is -0.465 e. The maximum atomic E-state index is 12.7. The summed E-state index contributed by atoms with van der Waals surface area (Å²) in [5, 5.41) is 4.44. The van der Waals surface area contributed by atoms with Crippen LogP contribution in [0.25, 0.3) is 6.08 Å². The minimum absolute atomic E-state index is 0.0254. The normalized spacial score (nSPS) is 22.3. The molecule has 29 heavy (non-hydrogen) atoms. The number of furan rings is 1. The van der Waals surface area contributed by atoms with Gasteiger partial charge >= 0.3 is 0 Å². The van der Waals surface area contributed by atoms with E-state index < -0.39 is 0 Å². The maximum absolute atomic E-state index is 12.7. The Hall–Kier alpha value is -3.04. The molecular formula is C25H20ClNO2. The van der Waals surface area contributed by atoms with Gasteiger partial charge in [0.25, 0.3) is 0 Å². The molecule has 0 spiro atoms. The van der Waals surface area contributed by atoms with Gasteiger partial charge in [0.1, 0.15) is 5.76 Å². The van der Waals surface area contributed by atoms with Gasteiger partial charge in [0.05, 0.1) is 12.3 Å². The van der Waals surface area contributed by atoms with Crippen LogP contribution in [0, 0.1) is 5.92 Å². The highest BCUT2D eigenvalue weighted by molar-refractivity contribution is 6.30. The topological polar surface area (TPSA) is 42.2 Å². The van der Waals surface area contributed by atoms with E-state index in [9.17, 15) is 4.79 Å². The summed E-state index contributed by atoms with van der Waals surface area (Å²) in [4.78, 5) is 12.7. The lowest BCUT2D eigenvalue weighted by atomic mass is 9.76. The van der Waals surface area contributed by atoms with Crippen molar-refractivity contribution in [2.24, 2.45) is 5.92 Å². The van der Waals surface area contributed by atoms with E-state index in [1.807, 2.05) is 36.4 Å². The highest BCUT2D eigenvalue weighted by Crippen LogP contribution is 2.50. The standard InChI is InChI=1S/C25H20ClNO2/c26-18-9-6-16(7-10-18)25-21-5-1-4-20(21)22-15-17(8-12-23(22)27-25)24(28)13-11-19-3-2-14-29-19/h1-4,6-15,20-21,25,27H,5H2/b13-11+/t20-,21-,25-/m1/s1. The SMILES string of the molecule is O=C(/C=C/c1ccco1)c1ccc2c(c1)[C@@H]1C=CC[C@H]1[C@@H](c1ccc(Cl)cc1)N2. The molecule has 2 aliphatic rings. The van der Waals surface area contributed by atoms with Gasteiger partial charge in [-0.05, 0) is 78.1 Å². The van der Waals surface area contributed by atoms with Crippen LogP contribution in [0.2, 0.25) is 5.02 Å².